The molecule has 103 aliphatic carbocycles. The van der Waals surface area contributed by atoms with Gasteiger partial charge in [0.05, 0.1) is 0 Å². The maximum atomic E-state index is 2.39. The van der Waals surface area contributed by atoms with E-state index >= 15 is 0 Å². The third kappa shape index (κ3) is 0.835. The zero-order valence-corrected chi connectivity index (χ0v) is 73.9. The summed E-state index contributed by atoms with van der Waals surface area (Å²) in [6.45, 7) is 0. The molecule has 136 heavy (non-hydrogen) atoms. The monoisotopic (exact) mass is 1700 g/mol. The molecule has 103 saturated carbocycles. The summed E-state index contributed by atoms with van der Waals surface area (Å²) in [5.74, 6) is 60.3. The first-order valence-electron chi connectivity index (χ1n) is 67.7. The summed E-state index contributed by atoms with van der Waals surface area (Å²) in [6.07, 6.45) is 26.0. The van der Waals surface area contributed by atoms with Crippen molar-refractivity contribution in [2.75, 3.05) is 0 Å². The summed E-state index contributed by atoms with van der Waals surface area (Å²) in [7, 11) is 0. The van der Waals surface area contributed by atoms with Crippen LogP contribution < -0.4 is 0 Å². The van der Waals surface area contributed by atoms with E-state index in [0.717, 1.165) is 439 Å². The molecule has 8 bridgehead atoms. The average Bonchev–Trinajstić information content (AvgIpc) is 0.394. The van der Waals surface area contributed by atoms with Crippen molar-refractivity contribution in [3.8, 4) is 0 Å². The highest BCUT2D eigenvalue weighted by Crippen LogP contribution is 3.96. The zero-order chi connectivity index (χ0) is 73.9. The van der Waals surface area contributed by atoms with Crippen LogP contribution in [0.4, 0.5) is 0 Å². The summed E-state index contributed by atoms with van der Waals surface area (Å²) >= 11 is 0. The lowest BCUT2D eigenvalue weighted by Gasteiger charge is -3.82. The predicted octanol–water partition coefficient (Wildman–Crippen LogP) is 13.4. The van der Waals surface area contributed by atoms with E-state index in [1.165, 1.54) is 243 Å². The fourth-order valence-corrected chi connectivity index (χ4v) is 165. The number of hydrogen-bond acceptors (Lipinski definition) is 0. The molecule has 0 N–H and O–H groups in total. The van der Waals surface area contributed by atoms with Crippen LogP contribution >= 0.6 is 0 Å². The molecule has 123 atom stereocenters. The van der Waals surface area contributed by atoms with Gasteiger partial charge in [-0.1, -0.05) is 12.8 Å². The molecular weight excluding hydrogens is 1630 g/mol. The quantitative estimate of drug-likeness (QED) is 0.227. The van der Waals surface area contributed by atoms with Gasteiger partial charge in [0.25, 0.3) is 0 Å². The lowest BCUT2D eigenvalue weighted by Crippen LogP contribution is -3.76. The third-order valence-corrected chi connectivity index (χ3v) is 124. The zero-order valence-electron chi connectivity index (χ0n) is 73.9. The van der Waals surface area contributed by atoms with Gasteiger partial charge in [0, 0.05) is 0 Å². The summed E-state index contributed by atoms with van der Waals surface area (Å²) in [5, 5.41) is 0. The van der Waals surface area contributed by atoms with Crippen LogP contribution in [0, 0.1) is 687 Å². The Morgan fingerprint density at radius 2 is 0.404 bits per heavy atom. The Bertz CT molecular complexity index is 11100. The highest BCUT2D eigenvalue weighted by atomic mass is 15.9. The van der Waals surface area contributed by atoms with E-state index in [1.807, 2.05) is 44.9 Å². The van der Waals surface area contributed by atoms with E-state index in [9.17, 15) is 0 Å². The normalized spacial score (nSPS) is 150. The second kappa shape index (κ2) is 6.21. The summed E-state index contributed by atoms with van der Waals surface area (Å²) in [4.78, 5) is 0. The van der Waals surface area contributed by atoms with Gasteiger partial charge in [-0.25, -0.2) is 0 Å². The van der Waals surface area contributed by atoms with Crippen molar-refractivity contribution in [2.24, 2.45) is 476 Å². The maximum absolute atomic E-state index is 2.39. The molecule has 103 aliphatic rings. The molecule has 0 saturated heterocycles. The molecule has 103 fully saturated rings. The highest BCUT2D eigenvalue weighted by Gasteiger charge is 3.91. The Kier molecular flexibility index (Phi) is 2.00. The van der Waals surface area contributed by atoms with Gasteiger partial charge in [-0.2, -0.15) is 0 Å². The van der Waals surface area contributed by atoms with Crippen LogP contribution in [-0.4, -0.2) is 0 Å². The van der Waals surface area contributed by atoms with Crippen molar-refractivity contribution in [1.82, 2.24) is 0 Å². The Labute approximate surface area is 764 Å². The molecule has 0 amide bonds. The number of fused-ring (bicyclic) bond motifs is 34. The largest absolute Gasteiger partial charge is 0.0530 e. The molecule has 0 nitrogen and oxygen atoms in total. The van der Waals surface area contributed by atoms with Crippen LogP contribution in [-0.2, 0) is 0 Å². The molecule has 0 aromatic heterocycles. The lowest BCUT2D eigenvalue weighted by molar-refractivity contribution is -1.07. The minimum Gasteiger partial charge on any atom is -0.0530 e. The van der Waals surface area contributed by atoms with Crippen LogP contribution in [0.1, 0.15) is 83.5 Å². The van der Waals surface area contributed by atoms with E-state index in [0.29, 0.717) is 0 Å². The van der Waals surface area contributed by atoms with Crippen molar-refractivity contribution < 1.29 is 0 Å². The van der Waals surface area contributed by atoms with E-state index in [1.54, 1.807) is 18.8 Å². The Morgan fingerprint density at radius 1 is 0.132 bits per heavy atom. The van der Waals surface area contributed by atoms with Crippen molar-refractivity contribution in [3.05, 3.63) is 211 Å². The SMILES string of the molecule is C1CCC2C3CC45C67CC3CCC6C3C6C8C9CC%10C%11C%12C%13C%14C%15C%16C%17CC%18C%19C%20C%21C%22C%23CC%24C%25C%26C%27C%28C%29C%30C%31C%32C%33C%34C%35C%36C%37C(C1)C1C%38C%39C2C42C%394C%38%39C%371C%361C%35%36C%34%35C%33%34C%32%33C%31%32C%30%31C%29%30C%28%29C%27%28C%26%27C%25%26C%23%24C%22%23C%21%22C%20%21C%19%20C%18%17C%16%17C%15%16C%14%15C%13%14C%12%13C%11%12C%10%11CC9%10C9%18CC%11%19C%11%24C%25C%37%38C%33(C%34%33C%37%34C%259C9%25C%18%37C8%10C68C37C53C8%37C95C23C42C1%39C%361C%35%33C%34%25C125)C%321C%38%11C23C%311C%301C%294C%285C%276C%23%26C%227C%218C%20%17C%169C%15%10C%14%11C%13%14C%19%12C%242C%142C13C41C53C76C89C%103C%1121. The molecule has 103 rings (SSSR count). The lowest BCUT2D eigenvalue weighted by atomic mass is 8.20. The standard InChI is InChI=1S/C136H68/c1-2-4-16-25-35-37-27-15(3-1)17-11-59-56-10-14(17)5-6-18(56)28-38-29-19-7-20-30-39-45-46-42-33-23-8-21-31-40-41-32-22-9-24-34-43-47-50-53-54-52-48-51-49-44-36-26(16)64(25)73(35)77(37)68(27,59)105-96(59)65(28,56)75(38)66(29)57(19)12-58(20)61-13-60(57)93-55-94(61)104-95(55)102-83(48,88(51)87(49)82(44)74(36,64)101(73)110(77,105)129-115(82,101)117(87)108(88,102)103(93,95)125(117,129)123(93)97(60,66)106(75,96)127(105,123)129)89(52)91(54)92(53)90(50)86(47)81(43)72(34)63(22,24)70(32)79(41)78(40)69(31)62(21,23)71(33)80(42)85(46)84(45)76(39)67(30,58)98(61)107(76)116(84)119(85)113(80)99(69,71)111(78)112(79)100(70,72)114(81)120(86)122(90)121(92)118(91,109(89,102)104)126(104)124(94,98)128(107)132(121,126)136(122)133(116,128)134(119)130(111,113)131(112,114)135(120,134)136/h14-55H,1-13H2. The second-order valence-electron chi connectivity index (χ2n) is 90.6. The Hall–Kier alpha value is 0. The van der Waals surface area contributed by atoms with Crippen LogP contribution in [0.25, 0.3) is 0 Å². The van der Waals surface area contributed by atoms with E-state index in [-0.39, 0.29) is 0 Å². The van der Waals surface area contributed by atoms with E-state index < -0.39 is 0 Å². The van der Waals surface area contributed by atoms with Gasteiger partial charge in [0.15, 0.2) is 0 Å². The summed E-state index contributed by atoms with van der Waals surface area (Å²) < 4.78 is 0. The minimum absolute atomic E-state index is 0.989. The summed E-state index contributed by atoms with van der Waals surface area (Å²) in [5.41, 5.74) is 90.5. The molecular formula is C136H68. The molecule has 0 heterocycles. The summed E-state index contributed by atoms with van der Waals surface area (Å²) in [6, 6.07) is 0. The average molecular weight is 1700 g/mol. The fraction of sp³-hybridized carbons (Fsp3) is 1.00. The van der Waals surface area contributed by atoms with Crippen molar-refractivity contribution >= 4 is 0 Å². The smallest absolute Gasteiger partial charge is 0.0000127 e. The molecule has 81 spiro atoms. The van der Waals surface area contributed by atoms with Crippen molar-refractivity contribution in [3.63, 3.8) is 0 Å². The van der Waals surface area contributed by atoms with Gasteiger partial charge in [-0.15, -0.1) is 0 Å². The van der Waals surface area contributed by atoms with E-state index in [2.05, 4.69) is 25.7 Å². The van der Waals surface area contributed by atoms with Crippen LogP contribution in [0.2, 0.25) is 0 Å². The van der Waals surface area contributed by atoms with E-state index in [4.69, 9.17) is 0 Å². The first kappa shape index (κ1) is 43.8. The van der Waals surface area contributed by atoms with Gasteiger partial charge < -0.3 is 0 Å². The van der Waals surface area contributed by atoms with Crippen LogP contribution in [0.5, 0.6) is 0 Å². The van der Waals surface area contributed by atoms with Gasteiger partial charge in [-0.3, -0.25) is 0 Å². The molecule has 0 aromatic carbocycles. The minimum atomic E-state index is 0.989. The molecule has 123 unspecified atom stereocenters. The van der Waals surface area contributed by atoms with Crippen LogP contribution in [0.3, 0.4) is 0 Å². The molecule has 0 aliphatic heterocycles. The molecule has 0 aromatic rings. The maximum Gasteiger partial charge on any atom is -0.0000127 e. The first-order chi connectivity index (χ1) is 67.7. The van der Waals surface area contributed by atoms with Gasteiger partial charge in [-0.05, 0) is 758 Å². The van der Waals surface area contributed by atoms with Gasteiger partial charge in [0.1, 0.15) is 0 Å². The third-order valence-electron chi connectivity index (χ3n) is 124. The van der Waals surface area contributed by atoms with Gasteiger partial charge >= 0.3 is 0 Å². The Balaban J connectivity index is 0.504. The number of hydrogen-bond donors (Lipinski definition) is 0. The molecule has 0 radical (unpaired) electrons. The fourth-order valence-electron chi connectivity index (χ4n) is 165. The van der Waals surface area contributed by atoms with Crippen molar-refractivity contribution in [1.29, 1.82) is 0 Å². The van der Waals surface area contributed by atoms with Gasteiger partial charge in [0.2, 0.25) is 0 Å². The number of rotatable bonds is 0. The predicted molar refractivity (Wildman–Crippen MR) is 435 cm³/mol. The molecule has 0 heteroatoms. The van der Waals surface area contributed by atoms with Crippen LogP contribution in [0.15, 0.2) is 0 Å². The highest BCUT2D eigenvalue weighted by molar-refractivity contribution is 6.94. The second-order valence-corrected chi connectivity index (χ2v) is 90.6. The molecule has 612 valence electrons. The topological polar surface area (TPSA) is 0 Å². The first-order valence-corrected chi connectivity index (χ1v) is 67.7. The van der Waals surface area contributed by atoms with Crippen molar-refractivity contribution in [2.45, 2.75) is 83.5 Å². The Morgan fingerprint density at radius 3 is 0.875 bits per heavy atom.